The molecule has 0 saturated heterocycles. The van der Waals surface area contributed by atoms with Crippen LogP contribution in [0.2, 0.25) is 10.0 Å². The lowest BCUT2D eigenvalue weighted by Gasteiger charge is -2.04. The van der Waals surface area contributed by atoms with E-state index in [2.05, 4.69) is 9.58 Å². The molecule has 2 rings (SSSR count). The number of carbonyl (C=O) groups excluding carboxylic acids is 2. The van der Waals surface area contributed by atoms with Crippen molar-refractivity contribution in [2.75, 3.05) is 14.2 Å². The molecule has 0 N–H and O–H groups in total. The molecule has 0 aliphatic heterocycles. The minimum Gasteiger partial charge on any atom is -0.495 e. The minimum absolute atomic E-state index is 0.00392. The van der Waals surface area contributed by atoms with Gasteiger partial charge in [-0.05, 0) is 36.4 Å². The summed E-state index contributed by atoms with van der Waals surface area (Å²) in [6.07, 6.45) is 0. The second kappa shape index (κ2) is 9.08. The summed E-state index contributed by atoms with van der Waals surface area (Å²) in [6.45, 7) is 0. The van der Waals surface area contributed by atoms with Gasteiger partial charge in [0.1, 0.15) is 11.5 Å². The normalized spacial score (nSPS) is 9.71. The van der Waals surface area contributed by atoms with Gasteiger partial charge in [-0.2, -0.15) is 9.58 Å². The van der Waals surface area contributed by atoms with Gasteiger partial charge in [0, 0.05) is 11.1 Å². The van der Waals surface area contributed by atoms with E-state index in [1.165, 1.54) is 50.6 Å². The Balaban J connectivity index is 2.45. The Labute approximate surface area is 169 Å². The van der Waals surface area contributed by atoms with Crippen LogP contribution in [0.3, 0.4) is 0 Å². The Kier molecular flexibility index (Phi) is 6.82. The van der Waals surface area contributed by atoms with Gasteiger partial charge in [0.15, 0.2) is 0 Å². The molecule has 0 amide bonds. The zero-order valence-corrected chi connectivity index (χ0v) is 16.2. The zero-order valence-electron chi connectivity index (χ0n) is 14.6. The highest BCUT2D eigenvalue weighted by Crippen LogP contribution is 2.26. The third-order valence-corrected chi connectivity index (χ3v) is 4.29. The van der Waals surface area contributed by atoms with Crippen molar-refractivity contribution in [3.63, 3.8) is 0 Å². The highest BCUT2D eigenvalue weighted by Gasteiger charge is 2.42. The highest BCUT2D eigenvalue weighted by atomic mass is 35.5. The second-order valence-electron chi connectivity index (χ2n) is 5.25. The molecule has 2 aromatic rings. The number of methoxy groups -OCH3 is 2. The fourth-order valence-electron chi connectivity index (χ4n) is 2.28. The molecule has 10 heteroatoms. The van der Waals surface area contributed by atoms with Gasteiger partial charge in [-0.15, -0.1) is 0 Å². The van der Waals surface area contributed by atoms with Gasteiger partial charge in [-0.25, -0.2) is 0 Å². The molecule has 28 heavy (non-hydrogen) atoms. The molecular weight excluding hydrogens is 407 g/mol. The van der Waals surface area contributed by atoms with Crippen LogP contribution in [-0.4, -0.2) is 46.8 Å². The van der Waals surface area contributed by atoms with E-state index in [0.717, 1.165) is 0 Å². The molecule has 0 aliphatic rings. The summed E-state index contributed by atoms with van der Waals surface area (Å²) in [5.41, 5.74) is 17.0. The van der Waals surface area contributed by atoms with Crippen LogP contribution in [0.5, 0.6) is 11.5 Å². The SMILES string of the molecule is COc1ccc(C(=O)C(=[N+]=[N-])C(=[N+]=[N-])C(=O)c2ccc(Cl)c(OC)c2)cc1Cl. The van der Waals surface area contributed by atoms with E-state index in [4.69, 9.17) is 32.7 Å². The summed E-state index contributed by atoms with van der Waals surface area (Å²) in [6, 6.07) is 8.05. The summed E-state index contributed by atoms with van der Waals surface area (Å²) in [5, 5.41) is 0.378. The van der Waals surface area contributed by atoms with E-state index in [-0.39, 0.29) is 26.9 Å². The fourth-order valence-corrected chi connectivity index (χ4v) is 2.74. The molecule has 142 valence electrons. The van der Waals surface area contributed by atoms with Crippen molar-refractivity contribution in [2.24, 2.45) is 0 Å². The van der Waals surface area contributed by atoms with Crippen LogP contribution in [0.25, 0.3) is 11.1 Å². The van der Waals surface area contributed by atoms with Gasteiger partial charge in [0.2, 0.25) is 0 Å². The molecule has 2 aromatic carbocycles. The lowest BCUT2D eigenvalue weighted by molar-refractivity contribution is -0.0243. The van der Waals surface area contributed by atoms with Crippen molar-refractivity contribution in [2.45, 2.75) is 0 Å². The van der Waals surface area contributed by atoms with Crippen molar-refractivity contribution < 1.29 is 28.6 Å². The Bertz CT molecular complexity index is 1070. The van der Waals surface area contributed by atoms with E-state index in [0.29, 0.717) is 5.75 Å². The number of nitrogens with zero attached hydrogens (tertiary/aromatic N) is 4. The van der Waals surface area contributed by atoms with E-state index in [1.807, 2.05) is 0 Å². The molecule has 0 aromatic heterocycles. The van der Waals surface area contributed by atoms with Gasteiger partial charge < -0.3 is 20.5 Å². The molecule has 8 nitrogen and oxygen atoms in total. The van der Waals surface area contributed by atoms with Gasteiger partial charge in [0.25, 0.3) is 11.6 Å². The molecule has 0 atom stereocenters. The largest absolute Gasteiger partial charge is 0.495 e. The number of hydrogen-bond donors (Lipinski definition) is 0. The van der Waals surface area contributed by atoms with E-state index in [9.17, 15) is 20.7 Å². The number of halogens is 2. The first kappa shape index (κ1) is 21.0. The molecule has 0 saturated carbocycles. The van der Waals surface area contributed by atoms with Crippen LogP contribution in [0.1, 0.15) is 20.7 Å². The number of Topliss-reactive ketones (excluding diaryl/α,β-unsaturated/α-hetero) is 2. The van der Waals surface area contributed by atoms with Gasteiger partial charge in [-0.3, -0.25) is 9.59 Å². The minimum atomic E-state index is -0.894. The first-order chi connectivity index (χ1) is 13.4. The lowest BCUT2D eigenvalue weighted by Crippen LogP contribution is -2.33. The summed E-state index contributed by atoms with van der Waals surface area (Å²) in [4.78, 5) is 31.0. The number of carbonyl (C=O) groups is 2. The Morgan fingerprint density at radius 1 is 0.786 bits per heavy atom. The standard InChI is InChI=1S/C18H12Cl2N4O4/c1-27-13-6-4-9(7-12(13)20)17(25)15(23-21)16(24-22)18(26)10-3-5-11(19)14(8-10)28-2/h3-8H,1-2H3. The monoisotopic (exact) mass is 418 g/mol. The van der Waals surface area contributed by atoms with Crippen molar-refractivity contribution >= 4 is 46.2 Å². The van der Waals surface area contributed by atoms with Crippen LogP contribution in [-0.2, 0) is 0 Å². The smallest absolute Gasteiger partial charge is 0.454 e. The van der Waals surface area contributed by atoms with Crippen LogP contribution < -0.4 is 9.47 Å². The van der Waals surface area contributed by atoms with Crippen molar-refractivity contribution in [3.05, 3.63) is 68.6 Å². The number of benzene rings is 2. The molecular formula is C18H12Cl2N4O4. The van der Waals surface area contributed by atoms with Crippen molar-refractivity contribution in [1.82, 2.24) is 0 Å². The van der Waals surface area contributed by atoms with E-state index < -0.39 is 23.0 Å². The number of rotatable bonds is 7. The molecule has 0 unspecified atom stereocenters. The molecule has 0 heterocycles. The Morgan fingerprint density at radius 2 is 1.29 bits per heavy atom. The average molecular weight is 419 g/mol. The van der Waals surface area contributed by atoms with Crippen LogP contribution >= 0.6 is 23.2 Å². The second-order valence-corrected chi connectivity index (χ2v) is 6.07. The van der Waals surface area contributed by atoms with Crippen molar-refractivity contribution in [1.29, 1.82) is 0 Å². The maximum Gasteiger partial charge on any atom is 0.454 e. The summed E-state index contributed by atoms with van der Waals surface area (Å²) < 4.78 is 10.0. The van der Waals surface area contributed by atoms with E-state index in [1.54, 1.807) is 0 Å². The Morgan fingerprint density at radius 3 is 1.75 bits per heavy atom. The number of ketones is 2. The van der Waals surface area contributed by atoms with Crippen LogP contribution in [0.4, 0.5) is 0 Å². The molecule has 0 bridgehead atoms. The van der Waals surface area contributed by atoms with Gasteiger partial charge >= 0.3 is 11.4 Å². The maximum atomic E-state index is 12.7. The first-order valence-corrected chi connectivity index (χ1v) is 8.34. The molecule has 0 spiro atoms. The summed E-state index contributed by atoms with van der Waals surface area (Å²) >= 11 is 11.9. The highest BCUT2D eigenvalue weighted by molar-refractivity contribution is 6.81. The van der Waals surface area contributed by atoms with Gasteiger partial charge in [0.05, 0.1) is 24.3 Å². The third-order valence-electron chi connectivity index (χ3n) is 3.68. The first-order valence-electron chi connectivity index (χ1n) is 7.58. The summed E-state index contributed by atoms with van der Waals surface area (Å²) in [5.74, 6) is -1.27. The zero-order chi connectivity index (χ0) is 20.8. The van der Waals surface area contributed by atoms with Crippen molar-refractivity contribution in [3.8, 4) is 11.5 Å². The molecule has 0 radical (unpaired) electrons. The summed E-state index contributed by atoms with van der Waals surface area (Å²) in [7, 11) is 2.76. The van der Waals surface area contributed by atoms with Crippen LogP contribution in [0, 0.1) is 0 Å². The molecule has 0 fully saturated rings. The Hall–Kier alpha value is -3.28. The average Bonchev–Trinajstić information content (AvgIpc) is 2.71. The fraction of sp³-hybridized carbons (Fsp3) is 0.111. The number of ether oxygens (including phenoxy) is 2. The molecule has 0 aliphatic carbocycles. The lowest BCUT2D eigenvalue weighted by atomic mass is 9.97. The van der Waals surface area contributed by atoms with Crippen LogP contribution in [0.15, 0.2) is 36.4 Å². The quantitative estimate of drug-likeness (QED) is 0.295. The van der Waals surface area contributed by atoms with Gasteiger partial charge in [-0.1, -0.05) is 23.2 Å². The topological polar surface area (TPSA) is 125 Å². The predicted molar refractivity (Wildman–Crippen MR) is 102 cm³/mol. The van der Waals surface area contributed by atoms with E-state index >= 15 is 0 Å². The third kappa shape index (κ3) is 4.17. The number of hydrogen-bond acceptors (Lipinski definition) is 4. The predicted octanol–water partition coefficient (Wildman–Crippen LogP) is 3.42. The maximum absolute atomic E-state index is 12.7.